The predicted octanol–water partition coefficient (Wildman–Crippen LogP) is 4.73. The monoisotopic (exact) mass is 492 g/mol. The molecule has 2 N–H and O–H groups in total. The number of hydrogen-bond acceptors (Lipinski definition) is 6. The highest BCUT2D eigenvalue weighted by Crippen LogP contribution is 2.38. The first kappa shape index (κ1) is 23.5. The summed E-state index contributed by atoms with van der Waals surface area (Å²) in [6.07, 6.45) is 1.52. The lowest BCUT2D eigenvalue weighted by Crippen LogP contribution is -2.32. The van der Waals surface area contributed by atoms with E-state index < -0.39 is 5.25 Å². The topological polar surface area (TPSA) is 97.3 Å². The largest absolute Gasteiger partial charge is 0.495 e. The molecule has 4 rings (SSSR count). The van der Waals surface area contributed by atoms with Gasteiger partial charge in [0.2, 0.25) is 11.8 Å². The summed E-state index contributed by atoms with van der Waals surface area (Å²) in [5, 5.41) is 7.89. The Morgan fingerprint density at radius 3 is 2.53 bits per heavy atom. The first-order valence-electron chi connectivity index (χ1n) is 10.3. The second-order valence-corrected chi connectivity index (χ2v) is 9.02. The lowest BCUT2D eigenvalue weighted by Gasteiger charge is -2.19. The van der Waals surface area contributed by atoms with E-state index in [1.54, 1.807) is 36.4 Å². The van der Waals surface area contributed by atoms with Gasteiger partial charge in [-0.3, -0.25) is 9.59 Å². The van der Waals surface area contributed by atoms with Gasteiger partial charge in [-0.05, 0) is 41.0 Å². The number of rotatable bonds is 6. The molecule has 1 fully saturated rings. The number of carbonyl (C=O) groups excluding carboxylic acids is 2. The Kier molecular flexibility index (Phi) is 7.30. The summed E-state index contributed by atoms with van der Waals surface area (Å²) in [5.74, 6) is -0.275. The van der Waals surface area contributed by atoms with Crippen molar-refractivity contribution in [3.05, 3.63) is 83.4 Å². The van der Waals surface area contributed by atoms with Gasteiger partial charge in [0, 0.05) is 11.4 Å². The zero-order valence-electron chi connectivity index (χ0n) is 18.2. The van der Waals surface area contributed by atoms with Crippen molar-refractivity contribution in [3.8, 4) is 16.9 Å². The molecule has 7 nitrogen and oxygen atoms in total. The minimum Gasteiger partial charge on any atom is -0.495 e. The van der Waals surface area contributed by atoms with E-state index in [9.17, 15) is 9.59 Å². The molecule has 0 bridgehead atoms. The Morgan fingerprint density at radius 2 is 1.82 bits per heavy atom. The fraction of sp³-hybridized carbons (Fsp3) is 0.120. The standard InChI is InChI=1S/C25H21ClN4O3S/c1-33-21-12-9-18(17-5-3-2-4-6-17)13-20(21)30-23(31)14-22(24(30)32)34-25(27)29-28-15-16-7-10-19(26)11-8-16/h2-13,15,22H,14H2,1H3,(H2,27,29)/b28-15+. The van der Waals surface area contributed by atoms with Crippen molar-refractivity contribution in [3.63, 3.8) is 0 Å². The van der Waals surface area contributed by atoms with Gasteiger partial charge in [0.15, 0.2) is 5.17 Å². The number of nitrogens with zero attached hydrogens (tertiary/aromatic N) is 3. The molecule has 3 aromatic rings. The number of imide groups is 1. The van der Waals surface area contributed by atoms with Crippen LogP contribution in [-0.2, 0) is 9.59 Å². The molecule has 34 heavy (non-hydrogen) atoms. The maximum Gasteiger partial charge on any atom is 0.248 e. The Bertz CT molecular complexity index is 1260. The normalized spacial score (nSPS) is 16.5. The number of carbonyl (C=O) groups is 2. The average Bonchev–Trinajstić information content (AvgIpc) is 3.12. The second-order valence-electron chi connectivity index (χ2n) is 7.37. The smallest absolute Gasteiger partial charge is 0.248 e. The van der Waals surface area contributed by atoms with E-state index in [0.717, 1.165) is 33.4 Å². The van der Waals surface area contributed by atoms with Gasteiger partial charge >= 0.3 is 0 Å². The van der Waals surface area contributed by atoms with Crippen molar-refractivity contribution in [2.45, 2.75) is 11.7 Å². The molecule has 0 aliphatic carbocycles. The van der Waals surface area contributed by atoms with Crippen molar-refractivity contribution < 1.29 is 14.3 Å². The molecule has 0 saturated carbocycles. The number of thioether (sulfide) groups is 1. The van der Waals surface area contributed by atoms with E-state index in [-0.39, 0.29) is 23.4 Å². The fourth-order valence-corrected chi connectivity index (χ4v) is 4.44. The van der Waals surface area contributed by atoms with Crippen LogP contribution in [0.1, 0.15) is 12.0 Å². The SMILES string of the molecule is COc1ccc(-c2ccccc2)cc1N1C(=O)CC(SC(N)=N/N=C/c2ccc(Cl)cc2)C1=O. The van der Waals surface area contributed by atoms with Gasteiger partial charge in [0.1, 0.15) is 11.0 Å². The van der Waals surface area contributed by atoms with Crippen molar-refractivity contribution in [2.75, 3.05) is 12.0 Å². The zero-order valence-corrected chi connectivity index (χ0v) is 19.8. The van der Waals surface area contributed by atoms with Gasteiger partial charge in [0.25, 0.3) is 0 Å². The average molecular weight is 493 g/mol. The van der Waals surface area contributed by atoms with Gasteiger partial charge in [-0.25, -0.2) is 4.90 Å². The lowest BCUT2D eigenvalue weighted by molar-refractivity contribution is -0.121. The number of methoxy groups -OCH3 is 1. The van der Waals surface area contributed by atoms with Crippen molar-refractivity contribution in [2.24, 2.45) is 15.9 Å². The highest BCUT2D eigenvalue weighted by atomic mass is 35.5. The lowest BCUT2D eigenvalue weighted by atomic mass is 10.0. The summed E-state index contributed by atoms with van der Waals surface area (Å²) in [4.78, 5) is 27.2. The van der Waals surface area contributed by atoms with E-state index in [1.165, 1.54) is 13.3 Å². The van der Waals surface area contributed by atoms with E-state index in [0.29, 0.717) is 16.5 Å². The summed E-state index contributed by atoms with van der Waals surface area (Å²) in [5.41, 5.74) is 8.99. The quantitative estimate of drug-likeness (QED) is 0.232. The number of anilines is 1. The zero-order chi connectivity index (χ0) is 24.1. The van der Waals surface area contributed by atoms with Crippen LogP contribution in [0.3, 0.4) is 0 Å². The Hall–Kier alpha value is -3.62. The summed E-state index contributed by atoms with van der Waals surface area (Å²) >= 11 is 6.87. The Morgan fingerprint density at radius 1 is 1.09 bits per heavy atom. The Balaban J connectivity index is 1.52. The minimum absolute atomic E-state index is 0.000657. The van der Waals surface area contributed by atoms with Gasteiger partial charge < -0.3 is 10.5 Å². The maximum absolute atomic E-state index is 13.2. The predicted molar refractivity (Wildman–Crippen MR) is 138 cm³/mol. The Labute approximate surface area is 206 Å². The van der Waals surface area contributed by atoms with E-state index in [2.05, 4.69) is 10.2 Å². The van der Waals surface area contributed by atoms with Crippen LogP contribution >= 0.6 is 23.4 Å². The van der Waals surface area contributed by atoms with Gasteiger partial charge in [-0.15, -0.1) is 5.10 Å². The minimum atomic E-state index is -0.702. The van der Waals surface area contributed by atoms with Crippen molar-refractivity contribution in [1.29, 1.82) is 0 Å². The van der Waals surface area contributed by atoms with Crippen LogP contribution in [0.4, 0.5) is 5.69 Å². The maximum atomic E-state index is 13.2. The number of ether oxygens (including phenoxy) is 1. The van der Waals surface area contributed by atoms with Crippen molar-refractivity contribution in [1.82, 2.24) is 0 Å². The molecular weight excluding hydrogens is 472 g/mol. The molecule has 1 aliphatic heterocycles. The van der Waals surface area contributed by atoms with E-state index in [1.807, 2.05) is 36.4 Å². The van der Waals surface area contributed by atoms with Crippen LogP contribution in [0.25, 0.3) is 11.1 Å². The number of amidine groups is 1. The first-order chi connectivity index (χ1) is 16.5. The highest BCUT2D eigenvalue weighted by Gasteiger charge is 2.41. The molecule has 3 aromatic carbocycles. The summed E-state index contributed by atoms with van der Waals surface area (Å²) < 4.78 is 5.44. The molecule has 9 heteroatoms. The third-order valence-corrected chi connectivity index (χ3v) is 6.36. The molecule has 1 aliphatic rings. The highest BCUT2D eigenvalue weighted by molar-refractivity contribution is 8.14. The number of halogens is 1. The third kappa shape index (κ3) is 5.30. The van der Waals surface area contributed by atoms with Crippen molar-refractivity contribution >= 4 is 52.2 Å². The van der Waals surface area contributed by atoms with Gasteiger partial charge in [-0.1, -0.05) is 71.9 Å². The summed E-state index contributed by atoms with van der Waals surface area (Å²) in [6.45, 7) is 0. The van der Waals surface area contributed by atoms with Crippen LogP contribution < -0.4 is 15.4 Å². The number of amides is 2. The number of nitrogens with two attached hydrogens (primary N) is 1. The summed E-state index contributed by atoms with van der Waals surface area (Å²) in [6, 6.07) is 22.2. The molecule has 0 spiro atoms. The van der Waals surface area contributed by atoms with Gasteiger partial charge in [-0.2, -0.15) is 5.10 Å². The molecule has 0 radical (unpaired) electrons. The van der Waals surface area contributed by atoms with Crippen LogP contribution in [0.5, 0.6) is 5.75 Å². The third-order valence-electron chi connectivity index (χ3n) is 5.13. The molecule has 1 heterocycles. The molecule has 0 aromatic heterocycles. The summed E-state index contributed by atoms with van der Waals surface area (Å²) in [7, 11) is 1.50. The van der Waals surface area contributed by atoms with Crippen LogP contribution in [0.2, 0.25) is 5.02 Å². The van der Waals surface area contributed by atoms with Gasteiger partial charge in [0.05, 0.1) is 19.0 Å². The second kappa shape index (κ2) is 10.5. The number of benzene rings is 3. The molecule has 1 unspecified atom stereocenters. The van der Waals surface area contributed by atoms with E-state index >= 15 is 0 Å². The molecule has 2 amide bonds. The molecular formula is C25H21ClN4O3S. The first-order valence-corrected chi connectivity index (χ1v) is 11.6. The van der Waals surface area contributed by atoms with Crippen LogP contribution in [-0.4, -0.2) is 35.6 Å². The van der Waals surface area contributed by atoms with E-state index in [4.69, 9.17) is 22.1 Å². The molecule has 172 valence electrons. The number of hydrogen-bond donors (Lipinski definition) is 1. The molecule has 1 atom stereocenters. The molecule has 1 saturated heterocycles. The van der Waals surface area contributed by atoms with Crippen LogP contribution in [0.15, 0.2) is 83.0 Å². The fourth-order valence-electron chi connectivity index (χ4n) is 3.49. The van der Waals surface area contributed by atoms with Crippen LogP contribution in [0, 0.1) is 0 Å².